The minimum Gasteiger partial charge on any atom is -0.449 e. The molecule has 1 heterocycles. The number of fused-ring (bicyclic) bond motifs is 3. The molecule has 2 fully saturated rings. The van der Waals surface area contributed by atoms with E-state index in [2.05, 4.69) is 41.8 Å². The number of ketones is 1. The Morgan fingerprint density at radius 3 is 1.79 bits per heavy atom. The van der Waals surface area contributed by atoms with Gasteiger partial charge in [0.2, 0.25) is 27.7 Å². The van der Waals surface area contributed by atoms with Crippen LogP contribution >= 0.6 is 0 Å². The summed E-state index contributed by atoms with van der Waals surface area (Å²) in [7, 11) is -4.20. The molecule has 6 aromatic rings. The van der Waals surface area contributed by atoms with E-state index in [1.54, 1.807) is 55.5 Å². The van der Waals surface area contributed by atoms with Gasteiger partial charge in [-0.1, -0.05) is 190 Å². The molecule has 1 saturated heterocycles. The molecular formula is C65H71N9O10S. The van der Waals surface area contributed by atoms with Gasteiger partial charge in [-0.25, -0.2) is 28.2 Å². The maximum atomic E-state index is 15.4. The van der Waals surface area contributed by atoms with Crippen molar-refractivity contribution in [1.82, 2.24) is 41.6 Å². The molecule has 1 saturated carbocycles. The second-order valence-corrected chi connectivity index (χ2v) is 23.3. The number of Topliss-reactive ketones (excluding diaryl/α,β-unsaturated/α-hetero) is 1. The highest BCUT2D eigenvalue weighted by Gasteiger charge is 2.46. The molecule has 1 unspecified atom stereocenters. The van der Waals surface area contributed by atoms with Crippen LogP contribution in [0.15, 0.2) is 180 Å². The number of sulfonamides is 1. The summed E-state index contributed by atoms with van der Waals surface area (Å²) in [5.74, 6) is -4.10. The Morgan fingerprint density at radius 2 is 1.21 bits per heavy atom. The lowest BCUT2D eigenvalue weighted by Gasteiger charge is -2.34. The molecule has 0 spiro atoms. The Kier molecular flexibility index (Phi) is 20.3. The summed E-state index contributed by atoms with van der Waals surface area (Å²) in [5, 5.41) is 18.3. The van der Waals surface area contributed by atoms with E-state index >= 15 is 9.59 Å². The summed E-state index contributed by atoms with van der Waals surface area (Å²) in [5.41, 5.74) is 8.12. The predicted molar refractivity (Wildman–Crippen MR) is 321 cm³/mol. The third kappa shape index (κ3) is 15.2. The van der Waals surface area contributed by atoms with E-state index in [4.69, 9.17) is 4.74 Å². The van der Waals surface area contributed by atoms with Crippen molar-refractivity contribution in [2.45, 2.75) is 112 Å². The Morgan fingerprint density at radius 1 is 0.659 bits per heavy atom. The number of carbonyl (C=O) groups is 7. The van der Waals surface area contributed by atoms with E-state index in [0.29, 0.717) is 24.8 Å². The fourth-order valence-corrected chi connectivity index (χ4v) is 12.9. The summed E-state index contributed by atoms with van der Waals surface area (Å²) in [6, 6.07) is 43.1. The van der Waals surface area contributed by atoms with Gasteiger partial charge in [-0.15, -0.1) is 0 Å². The molecule has 7 N–H and O–H groups in total. The van der Waals surface area contributed by atoms with Gasteiger partial charge >= 0.3 is 12.1 Å². The van der Waals surface area contributed by atoms with E-state index in [-0.39, 0.29) is 48.5 Å². The van der Waals surface area contributed by atoms with Gasteiger partial charge in [-0.3, -0.25) is 24.0 Å². The number of hydrogen-bond acceptors (Lipinski definition) is 11. The van der Waals surface area contributed by atoms with Crippen molar-refractivity contribution in [2.75, 3.05) is 19.7 Å². The number of ether oxygens (including phenoxy) is 1. The van der Waals surface area contributed by atoms with Crippen LogP contribution in [0.25, 0.3) is 11.1 Å². The zero-order valence-corrected chi connectivity index (χ0v) is 48.3. The molecule has 3 aliphatic rings. The SMILES string of the molecule is CCC[C@H](NC(=O)C1C[C@@H](NS(=O)(=O)c2ccccc2)CN1C(=O)[C@@H](NC(=O)OCC1c2ccccc2-c2ccccc21)C1CCCCC1)C(=NNC(=O)NC(c1ccccc1)c1ccccc1)C(=O)NCC(=O)N[C@H](C(C)=O)c1ccccc1. The zero-order chi connectivity index (χ0) is 59.9. The highest BCUT2D eigenvalue weighted by atomic mass is 32.2. The number of carbonyl (C=O) groups excluding carboxylic acids is 7. The summed E-state index contributed by atoms with van der Waals surface area (Å²) in [6.45, 7) is 2.18. The molecule has 0 aromatic heterocycles. The van der Waals surface area contributed by atoms with Gasteiger partial charge in [0.15, 0.2) is 5.78 Å². The second kappa shape index (κ2) is 28.5. The lowest BCUT2D eigenvalue weighted by Crippen LogP contribution is -2.58. The zero-order valence-electron chi connectivity index (χ0n) is 47.4. The fourth-order valence-electron chi connectivity index (χ4n) is 11.7. The number of amides is 7. The smallest absolute Gasteiger partial charge is 0.407 e. The van der Waals surface area contributed by atoms with E-state index in [9.17, 15) is 32.4 Å². The van der Waals surface area contributed by atoms with Gasteiger partial charge in [-0.2, -0.15) is 5.10 Å². The molecule has 7 amide bonds. The average Bonchev–Trinajstić information content (AvgIpc) is 3.41. The van der Waals surface area contributed by atoms with Crippen LogP contribution in [0.3, 0.4) is 0 Å². The number of nitrogens with zero attached hydrogens (tertiary/aromatic N) is 2. The lowest BCUT2D eigenvalue weighted by atomic mass is 9.83. The number of hydrazone groups is 1. The van der Waals surface area contributed by atoms with Crippen molar-refractivity contribution in [1.29, 1.82) is 0 Å². The van der Waals surface area contributed by atoms with Crippen LogP contribution < -0.4 is 36.7 Å². The molecule has 0 radical (unpaired) electrons. The van der Waals surface area contributed by atoms with Gasteiger partial charge in [0, 0.05) is 18.5 Å². The average molecular weight is 1170 g/mol. The Balaban J connectivity index is 0.996. The number of nitrogens with one attached hydrogen (secondary N) is 7. The Hall–Kier alpha value is -9.01. The van der Waals surface area contributed by atoms with Crippen LogP contribution in [-0.2, 0) is 38.7 Å². The standard InChI is InChI=1S/C65H71N9O10S/c1-3-23-54(60(62(78)66-39-56(76)68-57(42(2)75)43-24-9-4-10-25-43)71-72-64(80)69-58(44-26-11-5-12-27-44)45-28-13-6-14-29-45)67-61(77)55-38-47(73-85(82,83)48-32-17-8-18-33-48)40-74(55)63(79)59(46-30-15-7-16-31-46)70-65(81)84-41-53-51-36-21-19-34-49(51)50-35-20-22-37-52(50)53/h4-6,8-14,17-22,24-29,32-37,46-47,53-55,57-59,73H,3,7,15-16,23,30-31,38-41H2,1-2H3,(H,66,78)(H,67,77)(H,68,76)(H,70,81)(H2,69,72,80)/t47-,54+,55?,57-,59+/m1/s1. The third-order valence-electron chi connectivity index (χ3n) is 15.8. The van der Waals surface area contributed by atoms with Gasteiger partial charge in [0.25, 0.3) is 5.91 Å². The highest BCUT2D eigenvalue weighted by molar-refractivity contribution is 7.89. The molecule has 6 aromatic carbocycles. The van der Waals surface area contributed by atoms with Crippen molar-refractivity contribution in [3.05, 3.63) is 198 Å². The van der Waals surface area contributed by atoms with Crippen molar-refractivity contribution in [3.8, 4) is 11.1 Å². The van der Waals surface area contributed by atoms with Crippen LogP contribution in [0.2, 0.25) is 0 Å². The molecule has 2 aliphatic carbocycles. The monoisotopic (exact) mass is 1170 g/mol. The van der Waals surface area contributed by atoms with Crippen molar-refractivity contribution < 1.29 is 46.7 Å². The molecule has 1 aliphatic heterocycles. The van der Waals surface area contributed by atoms with Crippen LogP contribution in [-0.4, -0.2) is 104 Å². The summed E-state index contributed by atoms with van der Waals surface area (Å²) in [4.78, 5) is 101. The molecule has 85 heavy (non-hydrogen) atoms. The molecule has 5 atom stereocenters. The largest absolute Gasteiger partial charge is 0.449 e. The maximum Gasteiger partial charge on any atom is 0.407 e. The maximum absolute atomic E-state index is 15.4. The molecule has 9 rings (SSSR count). The Bertz CT molecular complexity index is 3390. The van der Waals surface area contributed by atoms with E-state index in [1.165, 1.54) is 24.0 Å². The van der Waals surface area contributed by atoms with Crippen LogP contribution in [0.1, 0.15) is 111 Å². The van der Waals surface area contributed by atoms with Crippen LogP contribution in [0.4, 0.5) is 9.59 Å². The lowest BCUT2D eigenvalue weighted by molar-refractivity contribution is -0.141. The number of rotatable bonds is 23. The van der Waals surface area contributed by atoms with Gasteiger partial charge < -0.3 is 36.2 Å². The number of likely N-dealkylation sites (tertiary alicyclic amines) is 1. The van der Waals surface area contributed by atoms with Crippen LogP contribution in [0, 0.1) is 5.92 Å². The van der Waals surface area contributed by atoms with Crippen LogP contribution in [0.5, 0.6) is 0 Å². The summed E-state index contributed by atoms with van der Waals surface area (Å²) < 4.78 is 36.5. The molecule has 19 nitrogen and oxygen atoms in total. The number of urea groups is 1. The van der Waals surface area contributed by atoms with E-state index in [1.807, 2.05) is 109 Å². The first-order valence-electron chi connectivity index (χ1n) is 28.9. The van der Waals surface area contributed by atoms with E-state index < -0.39 is 94.3 Å². The topological polar surface area (TPSA) is 263 Å². The minimum absolute atomic E-state index is 0.0196. The highest BCUT2D eigenvalue weighted by Crippen LogP contribution is 2.44. The molecule has 20 heteroatoms. The third-order valence-corrected chi connectivity index (χ3v) is 17.3. The number of alkyl carbamates (subject to hydrolysis) is 1. The van der Waals surface area contributed by atoms with Gasteiger partial charge in [0.1, 0.15) is 30.4 Å². The first kappa shape index (κ1) is 60.6. The predicted octanol–water partition coefficient (Wildman–Crippen LogP) is 7.71. The van der Waals surface area contributed by atoms with Gasteiger partial charge in [0.05, 0.1) is 23.5 Å². The molecule has 442 valence electrons. The van der Waals surface area contributed by atoms with Gasteiger partial charge in [-0.05, 0) is 89.6 Å². The number of benzene rings is 6. The van der Waals surface area contributed by atoms with Crippen molar-refractivity contribution in [3.63, 3.8) is 0 Å². The Labute approximate surface area is 495 Å². The van der Waals surface area contributed by atoms with Crippen molar-refractivity contribution >= 4 is 57.3 Å². The molecular weight excluding hydrogens is 1100 g/mol. The first-order valence-corrected chi connectivity index (χ1v) is 30.3. The summed E-state index contributed by atoms with van der Waals surface area (Å²) in [6.07, 6.45) is 2.99. The second-order valence-electron chi connectivity index (χ2n) is 21.6. The normalized spacial score (nSPS) is 17.1. The molecule has 0 bridgehead atoms. The van der Waals surface area contributed by atoms with Crippen molar-refractivity contribution in [2.24, 2.45) is 11.0 Å². The van der Waals surface area contributed by atoms with E-state index in [0.717, 1.165) is 52.6 Å². The first-order chi connectivity index (χ1) is 41.2. The quantitative estimate of drug-likeness (QED) is 0.0243. The number of hydrogen-bond donors (Lipinski definition) is 7. The fraction of sp³-hybridized carbons (Fsp3) is 0.323. The minimum atomic E-state index is -4.20. The summed E-state index contributed by atoms with van der Waals surface area (Å²) >= 11 is 0.